The Morgan fingerprint density at radius 1 is 1.23 bits per heavy atom. The summed E-state index contributed by atoms with van der Waals surface area (Å²) in [7, 11) is 0. The molecule has 2 heterocycles. The number of hydrogen-bond donors (Lipinski definition) is 4. The maximum absolute atomic E-state index is 11.5. The molecule has 3 atom stereocenters. The Kier molecular flexibility index (Phi) is 5.97. The molecule has 30 heavy (non-hydrogen) atoms. The van der Waals surface area contributed by atoms with Gasteiger partial charge in [-0.1, -0.05) is 0 Å². The average molecular weight is 418 g/mol. The molecule has 1 aromatic carbocycles. The zero-order valence-corrected chi connectivity index (χ0v) is 16.4. The van der Waals surface area contributed by atoms with E-state index in [4.69, 9.17) is 18.7 Å². The zero-order valence-electron chi connectivity index (χ0n) is 16.4. The molecule has 0 saturated carbocycles. The Hall–Kier alpha value is -3.14. The summed E-state index contributed by atoms with van der Waals surface area (Å²) in [5, 5.41) is 41.0. The molecule has 0 radical (unpaired) electrons. The van der Waals surface area contributed by atoms with Gasteiger partial charge in [0.1, 0.15) is 29.6 Å². The second-order valence-corrected chi connectivity index (χ2v) is 7.31. The van der Waals surface area contributed by atoms with Gasteiger partial charge in [-0.3, -0.25) is 0 Å². The maximum Gasteiger partial charge on any atom is 0.336 e. The van der Waals surface area contributed by atoms with Gasteiger partial charge in [-0.05, 0) is 32.1 Å². The lowest BCUT2D eigenvalue weighted by Crippen LogP contribution is -2.45. The minimum Gasteiger partial charge on any atom is -0.489 e. The topological polar surface area (TPSA) is 151 Å². The van der Waals surface area contributed by atoms with Crippen molar-refractivity contribution in [3.63, 3.8) is 0 Å². The third-order valence-corrected chi connectivity index (χ3v) is 4.81. The first kappa shape index (κ1) is 21.6. The van der Waals surface area contributed by atoms with Gasteiger partial charge in [0.2, 0.25) is 0 Å². The van der Waals surface area contributed by atoms with E-state index in [2.05, 4.69) is 0 Å². The molecule has 0 amide bonds. The lowest BCUT2D eigenvalue weighted by Gasteiger charge is -2.30. The molecule has 4 N–H and O–H groups in total. The van der Waals surface area contributed by atoms with Gasteiger partial charge in [0, 0.05) is 24.1 Å². The quantitative estimate of drug-likeness (QED) is 0.317. The lowest BCUT2D eigenvalue weighted by atomic mass is 9.91. The van der Waals surface area contributed by atoms with Gasteiger partial charge in [-0.2, -0.15) is 0 Å². The van der Waals surface area contributed by atoms with Crippen LogP contribution in [0.2, 0.25) is 0 Å². The predicted molar refractivity (Wildman–Crippen MR) is 106 cm³/mol. The van der Waals surface area contributed by atoms with Crippen LogP contribution in [0.3, 0.4) is 0 Å². The SMILES string of the molecule is CC(=C[C@H](O)C[C@@](C)(O)[C@@H](O)COc1c2ccoc2cc2oc(=O)ccc12)C(=O)O. The summed E-state index contributed by atoms with van der Waals surface area (Å²) in [5.41, 5.74) is -1.74. The van der Waals surface area contributed by atoms with Gasteiger partial charge in [0.15, 0.2) is 0 Å². The zero-order chi connectivity index (χ0) is 22.1. The molecule has 0 aliphatic rings. The highest BCUT2D eigenvalue weighted by Gasteiger charge is 2.33. The third-order valence-electron chi connectivity index (χ3n) is 4.81. The number of aliphatic hydroxyl groups excluding tert-OH is 2. The summed E-state index contributed by atoms with van der Waals surface area (Å²) >= 11 is 0. The van der Waals surface area contributed by atoms with E-state index in [0.29, 0.717) is 22.1 Å². The van der Waals surface area contributed by atoms with E-state index in [0.717, 1.165) is 6.08 Å². The van der Waals surface area contributed by atoms with Crippen LogP contribution in [0.25, 0.3) is 21.9 Å². The fraction of sp³-hybridized carbons (Fsp3) is 0.333. The molecule has 0 spiro atoms. The van der Waals surface area contributed by atoms with E-state index in [1.165, 1.54) is 32.2 Å². The molecule has 0 aliphatic heterocycles. The highest BCUT2D eigenvalue weighted by molar-refractivity contribution is 6.01. The van der Waals surface area contributed by atoms with Crippen LogP contribution in [0.15, 0.2) is 55.8 Å². The van der Waals surface area contributed by atoms with Crippen molar-refractivity contribution in [3.8, 4) is 5.75 Å². The molecule has 9 heteroatoms. The van der Waals surface area contributed by atoms with Gasteiger partial charge < -0.3 is 34.0 Å². The number of benzene rings is 1. The molecule has 0 fully saturated rings. The van der Waals surface area contributed by atoms with Gasteiger partial charge in [-0.25, -0.2) is 9.59 Å². The van der Waals surface area contributed by atoms with E-state index in [1.807, 2.05) is 0 Å². The number of ether oxygens (including phenoxy) is 1. The Morgan fingerprint density at radius 2 is 1.93 bits per heavy atom. The molecule has 160 valence electrons. The largest absolute Gasteiger partial charge is 0.489 e. The highest BCUT2D eigenvalue weighted by Crippen LogP contribution is 2.35. The molecule has 0 aliphatic carbocycles. The van der Waals surface area contributed by atoms with Crippen molar-refractivity contribution in [3.05, 3.63) is 52.6 Å². The second-order valence-electron chi connectivity index (χ2n) is 7.31. The first-order valence-electron chi connectivity index (χ1n) is 9.15. The van der Waals surface area contributed by atoms with E-state index < -0.39 is 29.4 Å². The minimum absolute atomic E-state index is 0.0800. The van der Waals surface area contributed by atoms with Crippen molar-refractivity contribution in [2.45, 2.75) is 38.1 Å². The molecule has 0 bridgehead atoms. The predicted octanol–water partition coefficient (Wildman–Crippen LogP) is 1.81. The summed E-state index contributed by atoms with van der Waals surface area (Å²) in [6.45, 7) is 2.28. The number of aliphatic carboxylic acids is 1. The van der Waals surface area contributed by atoms with Gasteiger partial charge in [-0.15, -0.1) is 0 Å². The number of carboxylic acids is 1. The summed E-state index contributed by atoms with van der Waals surface area (Å²) in [6, 6.07) is 5.97. The minimum atomic E-state index is -1.78. The van der Waals surface area contributed by atoms with Crippen LogP contribution < -0.4 is 10.4 Å². The average Bonchev–Trinajstić information content (AvgIpc) is 3.12. The standard InChI is InChI=1S/C21H22O9/c1-11(20(25)26)7-12(22)9-21(2,27)17(23)10-29-19-13-3-4-18(24)30-16(13)8-15-14(19)5-6-28-15/h3-8,12,17,22-23,27H,9-10H2,1-2H3,(H,25,26)/t12-,17-,21+/m0/s1. The molecular weight excluding hydrogens is 396 g/mol. The lowest BCUT2D eigenvalue weighted by molar-refractivity contribution is -0.132. The van der Waals surface area contributed by atoms with E-state index in [-0.39, 0.29) is 24.2 Å². The number of carboxylic acid groups (broad SMARTS) is 1. The molecule has 3 rings (SSSR count). The van der Waals surface area contributed by atoms with Crippen LogP contribution in [0, 0.1) is 0 Å². The molecule has 0 saturated heterocycles. The highest BCUT2D eigenvalue weighted by atomic mass is 16.5. The Bertz CT molecular complexity index is 1150. The first-order valence-corrected chi connectivity index (χ1v) is 9.15. The normalized spacial score (nSPS) is 16.4. The van der Waals surface area contributed by atoms with Crippen molar-refractivity contribution in [2.24, 2.45) is 0 Å². The number of aliphatic hydroxyl groups is 3. The number of furan rings is 1. The molecule has 2 aromatic heterocycles. The summed E-state index contributed by atoms with van der Waals surface area (Å²) in [5.74, 6) is -0.888. The number of fused-ring (bicyclic) bond motifs is 2. The van der Waals surface area contributed by atoms with Gasteiger partial charge >= 0.3 is 11.6 Å². The van der Waals surface area contributed by atoms with Crippen LogP contribution in [-0.4, -0.2) is 50.8 Å². The third kappa shape index (κ3) is 4.54. The van der Waals surface area contributed by atoms with Crippen LogP contribution >= 0.6 is 0 Å². The van der Waals surface area contributed by atoms with Crippen molar-refractivity contribution in [2.75, 3.05) is 6.61 Å². The van der Waals surface area contributed by atoms with Gasteiger partial charge in [0.05, 0.1) is 28.7 Å². The maximum atomic E-state index is 11.5. The monoisotopic (exact) mass is 418 g/mol. The van der Waals surface area contributed by atoms with Crippen molar-refractivity contribution in [1.29, 1.82) is 0 Å². The summed E-state index contributed by atoms with van der Waals surface area (Å²) < 4.78 is 16.3. The number of carbonyl (C=O) groups is 1. The van der Waals surface area contributed by atoms with Crippen molar-refractivity contribution >= 4 is 27.9 Å². The van der Waals surface area contributed by atoms with Gasteiger partial charge in [0.25, 0.3) is 0 Å². The van der Waals surface area contributed by atoms with Crippen LogP contribution in [-0.2, 0) is 4.79 Å². The molecule has 9 nitrogen and oxygen atoms in total. The van der Waals surface area contributed by atoms with E-state index >= 15 is 0 Å². The smallest absolute Gasteiger partial charge is 0.336 e. The van der Waals surface area contributed by atoms with Crippen LogP contribution in [0.1, 0.15) is 20.3 Å². The molecular formula is C21H22O9. The summed E-state index contributed by atoms with van der Waals surface area (Å²) in [4.78, 5) is 22.4. The van der Waals surface area contributed by atoms with E-state index in [1.54, 1.807) is 12.1 Å². The van der Waals surface area contributed by atoms with Crippen LogP contribution in [0.4, 0.5) is 0 Å². The second kappa shape index (κ2) is 8.31. The Morgan fingerprint density at radius 3 is 2.63 bits per heavy atom. The first-order chi connectivity index (χ1) is 14.1. The van der Waals surface area contributed by atoms with Crippen LogP contribution in [0.5, 0.6) is 5.75 Å². The van der Waals surface area contributed by atoms with E-state index in [9.17, 15) is 24.9 Å². The Labute approximate surface area is 170 Å². The molecule has 0 unspecified atom stereocenters. The summed E-state index contributed by atoms with van der Waals surface area (Å²) in [6.07, 6.45) is -0.481. The van der Waals surface area contributed by atoms with Crippen molar-refractivity contribution in [1.82, 2.24) is 0 Å². The molecule has 3 aromatic rings. The number of hydrogen-bond acceptors (Lipinski definition) is 8. The van der Waals surface area contributed by atoms with Crippen molar-refractivity contribution < 1.29 is 38.8 Å². The number of rotatable bonds is 8. The fourth-order valence-electron chi connectivity index (χ4n) is 3.09. The fourth-order valence-corrected chi connectivity index (χ4v) is 3.09. The Balaban J connectivity index is 1.81.